The van der Waals surface area contributed by atoms with Crippen molar-refractivity contribution in [2.24, 2.45) is 0 Å². The fourth-order valence-corrected chi connectivity index (χ4v) is 6.58. The first-order valence-electron chi connectivity index (χ1n) is 15.3. The third-order valence-corrected chi connectivity index (χ3v) is 8.73. The molecule has 0 aliphatic carbocycles. The molecule has 0 atom stereocenters. The number of likely N-dealkylation sites (tertiary alicyclic amines) is 1. The van der Waals surface area contributed by atoms with Crippen molar-refractivity contribution in [3.8, 4) is 22.8 Å². The first kappa shape index (κ1) is 27.9. The van der Waals surface area contributed by atoms with Crippen LogP contribution in [0, 0.1) is 0 Å². The van der Waals surface area contributed by atoms with Crippen LogP contribution in [0.1, 0.15) is 35.3 Å². The molecule has 0 spiro atoms. The third-order valence-electron chi connectivity index (χ3n) is 8.73. The Morgan fingerprint density at radius 1 is 0.795 bits per heavy atom. The van der Waals surface area contributed by atoms with Crippen molar-refractivity contribution < 1.29 is 14.3 Å². The van der Waals surface area contributed by atoms with Gasteiger partial charge in [-0.15, -0.1) is 0 Å². The molecule has 0 amide bonds. The maximum Gasteiger partial charge on any atom is 0.216 e. The van der Waals surface area contributed by atoms with Crippen LogP contribution in [-0.4, -0.2) is 58.5 Å². The van der Waals surface area contributed by atoms with Gasteiger partial charge in [-0.1, -0.05) is 73.2 Å². The van der Waals surface area contributed by atoms with Crippen LogP contribution >= 0.6 is 0 Å². The van der Waals surface area contributed by atoms with Crippen LogP contribution in [0.5, 0.6) is 11.5 Å². The second-order valence-corrected chi connectivity index (χ2v) is 11.3. The Hall–Kier alpha value is -4.88. The van der Waals surface area contributed by atoms with Gasteiger partial charge in [0, 0.05) is 29.4 Å². The molecule has 2 aromatic heterocycles. The Morgan fingerprint density at radius 2 is 1.55 bits per heavy atom. The summed E-state index contributed by atoms with van der Waals surface area (Å²) in [6.45, 7) is 4.04. The molecule has 1 fully saturated rings. The van der Waals surface area contributed by atoms with Crippen molar-refractivity contribution in [1.82, 2.24) is 18.9 Å². The van der Waals surface area contributed by atoms with Crippen molar-refractivity contribution in [2.45, 2.75) is 25.8 Å². The summed E-state index contributed by atoms with van der Waals surface area (Å²) >= 11 is 0. The highest BCUT2D eigenvalue weighted by molar-refractivity contribution is 6.12. The molecule has 7 heteroatoms. The second kappa shape index (κ2) is 12.0. The van der Waals surface area contributed by atoms with Gasteiger partial charge in [-0.2, -0.15) is 0 Å². The van der Waals surface area contributed by atoms with Crippen LogP contribution in [0.3, 0.4) is 0 Å². The molecule has 3 heterocycles. The molecular weight excluding hydrogens is 548 g/mol. The van der Waals surface area contributed by atoms with Crippen LogP contribution in [0.2, 0.25) is 0 Å². The van der Waals surface area contributed by atoms with Crippen molar-refractivity contribution in [2.75, 3.05) is 33.9 Å². The third kappa shape index (κ3) is 4.93. The summed E-state index contributed by atoms with van der Waals surface area (Å²) in [5, 5.41) is 1.82. The zero-order valence-corrected chi connectivity index (χ0v) is 25.2. The number of hydrogen-bond acceptors (Lipinski definition) is 5. The fraction of sp³-hybridized carbons (Fsp3) is 0.243. The van der Waals surface area contributed by atoms with E-state index in [1.54, 1.807) is 20.3 Å². The van der Waals surface area contributed by atoms with Crippen LogP contribution in [0.4, 0.5) is 0 Å². The number of benzene rings is 4. The van der Waals surface area contributed by atoms with Gasteiger partial charge in [0.15, 0.2) is 0 Å². The van der Waals surface area contributed by atoms with Gasteiger partial charge in [0.05, 0.1) is 25.3 Å². The number of imidazole rings is 2. The maximum atomic E-state index is 14.3. The number of fused-ring (bicyclic) bond motifs is 4. The standard InChI is InChI=1S/C37H36N4O3/c1-43-32-21-19-26(34-28(32)14-11-17-33(34)44-2)18-20-31(42)36-35(27-12-5-3-6-13-27)38-37-40(25-24-39-22-9-4-10-23-39)29-15-7-8-16-30(29)41(36)37/h3,5-8,11-21H,4,9-10,22-25H2,1-2H3/b20-18+. The zero-order valence-electron chi connectivity index (χ0n) is 25.2. The minimum absolute atomic E-state index is 0.117. The highest BCUT2D eigenvalue weighted by atomic mass is 16.5. The smallest absolute Gasteiger partial charge is 0.216 e. The SMILES string of the molecule is COc1ccc(/C=C/C(=O)c2c(-c3ccccc3)nc3n(CCN4CCCCC4)c4ccccc4n23)c2c(OC)cccc12. The number of carbonyl (C=O) groups is 1. The molecular formula is C37H36N4O3. The van der Waals surface area contributed by atoms with Crippen molar-refractivity contribution >= 4 is 39.4 Å². The Morgan fingerprint density at radius 3 is 2.32 bits per heavy atom. The highest BCUT2D eigenvalue weighted by Gasteiger charge is 2.25. The van der Waals surface area contributed by atoms with Gasteiger partial charge >= 0.3 is 0 Å². The van der Waals surface area contributed by atoms with E-state index in [2.05, 4.69) is 27.7 Å². The number of ketones is 1. The second-order valence-electron chi connectivity index (χ2n) is 11.3. The van der Waals surface area contributed by atoms with Gasteiger partial charge in [-0.3, -0.25) is 9.20 Å². The molecule has 4 aromatic carbocycles. The molecule has 6 aromatic rings. The quantitative estimate of drug-likeness (QED) is 0.130. The van der Waals surface area contributed by atoms with E-state index in [1.807, 2.05) is 77.2 Å². The molecule has 0 unspecified atom stereocenters. The lowest BCUT2D eigenvalue weighted by Crippen LogP contribution is -2.32. The van der Waals surface area contributed by atoms with Crippen LogP contribution in [0.15, 0.2) is 91.0 Å². The first-order chi connectivity index (χ1) is 21.7. The molecule has 1 saturated heterocycles. The van der Waals surface area contributed by atoms with Crippen molar-refractivity contribution in [1.29, 1.82) is 0 Å². The monoisotopic (exact) mass is 584 g/mol. The molecule has 1 aliphatic heterocycles. The molecule has 0 radical (unpaired) electrons. The highest BCUT2D eigenvalue weighted by Crippen LogP contribution is 2.36. The Labute approximate surface area is 256 Å². The summed E-state index contributed by atoms with van der Waals surface area (Å²) in [4.78, 5) is 22.1. The molecule has 222 valence electrons. The number of methoxy groups -OCH3 is 2. The van der Waals surface area contributed by atoms with Gasteiger partial charge < -0.3 is 18.9 Å². The van der Waals surface area contributed by atoms with Crippen molar-refractivity contribution in [3.63, 3.8) is 0 Å². The van der Waals surface area contributed by atoms with Gasteiger partial charge in [-0.25, -0.2) is 4.98 Å². The van der Waals surface area contributed by atoms with E-state index in [-0.39, 0.29) is 5.78 Å². The molecule has 1 aliphatic rings. The fourth-order valence-electron chi connectivity index (χ4n) is 6.58. The van der Waals surface area contributed by atoms with E-state index in [9.17, 15) is 4.79 Å². The summed E-state index contributed by atoms with van der Waals surface area (Å²) in [7, 11) is 3.31. The van der Waals surface area contributed by atoms with Gasteiger partial charge in [0.25, 0.3) is 0 Å². The number of ether oxygens (including phenoxy) is 2. The van der Waals surface area contributed by atoms with Gasteiger partial charge in [0.2, 0.25) is 11.6 Å². The van der Waals surface area contributed by atoms with E-state index in [0.29, 0.717) is 11.4 Å². The Balaban J connectivity index is 1.37. The van der Waals surface area contributed by atoms with E-state index >= 15 is 0 Å². The average molecular weight is 585 g/mol. The van der Waals surface area contributed by atoms with Crippen LogP contribution in [-0.2, 0) is 6.54 Å². The molecule has 7 rings (SSSR count). The predicted molar refractivity (Wildman–Crippen MR) is 177 cm³/mol. The van der Waals surface area contributed by atoms with E-state index in [0.717, 1.165) is 76.4 Å². The molecule has 0 saturated carbocycles. The number of aromatic nitrogens is 3. The maximum absolute atomic E-state index is 14.3. The van der Waals surface area contributed by atoms with Gasteiger partial charge in [-0.05, 0) is 61.8 Å². The number of hydrogen-bond donors (Lipinski definition) is 0. The zero-order chi connectivity index (χ0) is 30.0. The minimum atomic E-state index is -0.117. The van der Waals surface area contributed by atoms with Gasteiger partial charge in [0.1, 0.15) is 22.9 Å². The average Bonchev–Trinajstić information content (AvgIpc) is 3.62. The Kier molecular flexibility index (Phi) is 7.62. The topological polar surface area (TPSA) is 61.0 Å². The first-order valence-corrected chi connectivity index (χ1v) is 15.3. The summed E-state index contributed by atoms with van der Waals surface area (Å²) in [6.07, 6.45) is 7.35. The molecule has 0 bridgehead atoms. The normalized spacial score (nSPS) is 14.2. The lowest BCUT2D eigenvalue weighted by Gasteiger charge is -2.26. The van der Waals surface area contributed by atoms with Crippen molar-refractivity contribution in [3.05, 3.63) is 102 Å². The van der Waals surface area contributed by atoms with E-state index in [1.165, 1.54) is 19.3 Å². The summed E-state index contributed by atoms with van der Waals surface area (Å²) in [5.41, 5.74) is 5.08. The lowest BCUT2D eigenvalue weighted by molar-refractivity contribution is 0.104. The molecule has 44 heavy (non-hydrogen) atoms. The number of para-hydroxylation sites is 2. The van der Waals surface area contributed by atoms with Crippen LogP contribution in [0.25, 0.3) is 44.9 Å². The predicted octanol–water partition coefficient (Wildman–Crippen LogP) is 7.51. The summed E-state index contributed by atoms with van der Waals surface area (Å²) in [5.74, 6) is 2.15. The lowest BCUT2D eigenvalue weighted by atomic mass is 10.0. The number of carbonyl (C=O) groups excluding carboxylic acids is 1. The summed E-state index contributed by atoms with van der Waals surface area (Å²) in [6, 6.07) is 28.0. The largest absolute Gasteiger partial charge is 0.496 e. The molecule has 7 nitrogen and oxygen atoms in total. The number of rotatable bonds is 9. The number of nitrogens with zero attached hydrogens (tertiary/aromatic N) is 4. The van der Waals surface area contributed by atoms with E-state index in [4.69, 9.17) is 14.5 Å². The Bertz CT molecular complexity index is 2000. The number of piperidine rings is 1. The molecule has 0 N–H and O–H groups in total. The minimum Gasteiger partial charge on any atom is -0.496 e. The van der Waals surface area contributed by atoms with Crippen LogP contribution < -0.4 is 9.47 Å². The number of allylic oxidation sites excluding steroid dienone is 1. The van der Waals surface area contributed by atoms with E-state index < -0.39 is 0 Å². The summed E-state index contributed by atoms with van der Waals surface area (Å²) < 4.78 is 15.6.